The summed E-state index contributed by atoms with van der Waals surface area (Å²) in [6.45, 7) is 7.88. The lowest BCUT2D eigenvalue weighted by molar-refractivity contribution is -0.147. The van der Waals surface area contributed by atoms with Crippen LogP contribution in [-0.2, 0) is 38.6 Å². The van der Waals surface area contributed by atoms with Gasteiger partial charge in [-0.05, 0) is 62.8 Å². The van der Waals surface area contributed by atoms with Gasteiger partial charge in [0.25, 0.3) is 0 Å². The highest BCUT2D eigenvalue weighted by molar-refractivity contribution is 7.98. The molecule has 0 saturated heterocycles. The van der Waals surface area contributed by atoms with Gasteiger partial charge in [-0.1, -0.05) is 54.1 Å². The van der Waals surface area contributed by atoms with Gasteiger partial charge in [-0.25, -0.2) is 9.59 Å². The third-order valence-electron chi connectivity index (χ3n) is 4.97. The van der Waals surface area contributed by atoms with Crippen molar-refractivity contribution >= 4 is 29.7 Å². The molecule has 0 saturated carbocycles. The number of thioether (sulfide) groups is 1. The van der Waals surface area contributed by atoms with E-state index in [4.69, 9.17) is 9.47 Å². The van der Waals surface area contributed by atoms with Crippen molar-refractivity contribution in [3.63, 3.8) is 0 Å². The van der Waals surface area contributed by atoms with E-state index in [0.717, 1.165) is 16.7 Å². The summed E-state index contributed by atoms with van der Waals surface area (Å²) in [7, 11) is 0. The van der Waals surface area contributed by atoms with Gasteiger partial charge in [0.2, 0.25) is 5.91 Å². The van der Waals surface area contributed by atoms with Crippen molar-refractivity contribution in [3.8, 4) is 0 Å². The summed E-state index contributed by atoms with van der Waals surface area (Å²) in [6, 6.07) is 14.6. The molecule has 0 fully saturated rings. The minimum Gasteiger partial charge on any atom is -0.459 e. The number of esters is 1. The van der Waals surface area contributed by atoms with E-state index in [0.29, 0.717) is 18.7 Å². The zero-order chi connectivity index (χ0) is 25.8. The zero-order valence-electron chi connectivity index (χ0n) is 21.2. The number of carbonyl (C=O) groups excluding carboxylic acids is 3. The molecule has 8 heteroatoms. The fraction of sp³-hybridized carbons (Fsp3) is 0.444. The van der Waals surface area contributed by atoms with Crippen LogP contribution in [0.5, 0.6) is 0 Å². The highest BCUT2D eigenvalue weighted by Gasteiger charge is 2.25. The van der Waals surface area contributed by atoms with Crippen molar-refractivity contribution in [2.75, 3.05) is 12.0 Å². The van der Waals surface area contributed by atoms with Crippen LogP contribution >= 0.6 is 11.8 Å². The van der Waals surface area contributed by atoms with Gasteiger partial charge in [0.1, 0.15) is 18.2 Å². The molecule has 2 N–H and O–H groups in total. The molecule has 0 spiro atoms. The van der Waals surface area contributed by atoms with Gasteiger partial charge in [0.05, 0.1) is 6.42 Å². The van der Waals surface area contributed by atoms with Gasteiger partial charge in [-0.15, -0.1) is 0 Å². The number of nitrogens with one attached hydrogen (secondary N) is 2. The lowest BCUT2D eigenvalue weighted by Gasteiger charge is -2.23. The minimum atomic E-state index is -0.784. The molecule has 0 radical (unpaired) electrons. The molecule has 0 unspecified atom stereocenters. The molecule has 7 nitrogen and oxygen atoms in total. The molecule has 0 aliphatic heterocycles. The monoisotopic (exact) mass is 500 g/mol. The first-order valence-electron chi connectivity index (χ1n) is 11.6. The van der Waals surface area contributed by atoms with Crippen LogP contribution in [0.15, 0.2) is 48.5 Å². The summed E-state index contributed by atoms with van der Waals surface area (Å²) in [5, 5.41) is 5.53. The van der Waals surface area contributed by atoms with Gasteiger partial charge in [0, 0.05) is 6.54 Å². The molecular weight excluding hydrogens is 464 g/mol. The maximum absolute atomic E-state index is 12.6. The Bertz CT molecular complexity index is 969. The summed E-state index contributed by atoms with van der Waals surface area (Å²) in [4.78, 5) is 36.9. The van der Waals surface area contributed by atoms with Gasteiger partial charge in [0.15, 0.2) is 0 Å². The van der Waals surface area contributed by atoms with E-state index in [1.54, 1.807) is 32.5 Å². The number of rotatable bonds is 11. The summed E-state index contributed by atoms with van der Waals surface area (Å²) in [6.07, 6.45) is 1.99. The number of hydrogen-bond acceptors (Lipinski definition) is 6. The van der Waals surface area contributed by atoms with Gasteiger partial charge < -0.3 is 20.1 Å². The summed E-state index contributed by atoms with van der Waals surface area (Å²) >= 11 is 1.58. The van der Waals surface area contributed by atoms with E-state index >= 15 is 0 Å². The lowest BCUT2D eigenvalue weighted by Crippen LogP contribution is -2.44. The van der Waals surface area contributed by atoms with Crippen molar-refractivity contribution in [1.82, 2.24) is 10.6 Å². The van der Waals surface area contributed by atoms with Crippen LogP contribution in [0.3, 0.4) is 0 Å². The first-order chi connectivity index (χ1) is 16.6. The third kappa shape index (κ3) is 11.3. The Hall–Kier alpha value is -3.00. The van der Waals surface area contributed by atoms with Crippen molar-refractivity contribution in [3.05, 3.63) is 70.8 Å². The van der Waals surface area contributed by atoms with Crippen molar-refractivity contribution in [2.24, 2.45) is 0 Å². The molecule has 0 aliphatic carbocycles. The van der Waals surface area contributed by atoms with Crippen LogP contribution in [-0.4, -0.2) is 41.6 Å². The quantitative estimate of drug-likeness (QED) is 0.440. The van der Waals surface area contributed by atoms with Crippen molar-refractivity contribution in [1.29, 1.82) is 0 Å². The average Bonchev–Trinajstić information content (AvgIpc) is 2.79. The smallest absolute Gasteiger partial charge is 0.408 e. The number of ether oxygens (including phenoxy) is 2. The predicted molar refractivity (Wildman–Crippen MR) is 139 cm³/mol. The Morgan fingerprint density at radius 1 is 0.943 bits per heavy atom. The predicted octanol–water partition coefficient (Wildman–Crippen LogP) is 4.54. The van der Waals surface area contributed by atoms with E-state index in [2.05, 4.69) is 10.6 Å². The number of amides is 2. The normalized spacial score (nSPS) is 11.9. The molecule has 2 rings (SSSR count). The second-order valence-electron chi connectivity index (χ2n) is 9.34. The summed E-state index contributed by atoms with van der Waals surface area (Å²) < 4.78 is 10.7. The van der Waals surface area contributed by atoms with E-state index in [9.17, 15) is 14.4 Å². The molecule has 190 valence electrons. The number of alkyl carbamates (subject to hydrolysis) is 1. The third-order valence-corrected chi connectivity index (χ3v) is 5.61. The largest absolute Gasteiger partial charge is 0.459 e. The number of benzene rings is 2. The van der Waals surface area contributed by atoms with Crippen LogP contribution in [0.25, 0.3) is 0 Å². The van der Waals surface area contributed by atoms with Crippen LogP contribution in [0.1, 0.15) is 49.4 Å². The van der Waals surface area contributed by atoms with Crippen molar-refractivity contribution < 1.29 is 23.9 Å². The van der Waals surface area contributed by atoms with Gasteiger partial charge in [-0.2, -0.15) is 11.8 Å². The van der Waals surface area contributed by atoms with E-state index < -0.39 is 23.7 Å². The Labute approximate surface area is 212 Å². The fourth-order valence-electron chi connectivity index (χ4n) is 3.10. The maximum atomic E-state index is 12.6. The molecule has 0 heterocycles. The average molecular weight is 501 g/mol. The maximum Gasteiger partial charge on any atom is 0.408 e. The molecule has 0 bridgehead atoms. The number of hydrogen-bond donors (Lipinski definition) is 2. The fourth-order valence-corrected chi connectivity index (χ4v) is 3.57. The minimum absolute atomic E-state index is 0.0606. The highest BCUT2D eigenvalue weighted by atomic mass is 32.2. The topological polar surface area (TPSA) is 93.7 Å². The standard InChI is InChI=1S/C27H36N2O5S/c1-19-6-8-21(9-7-19)17-28-24(30)16-20-10-12-22(13-11-20)18-33-25(31)23(14-15-35-5)29-26(32)34-27(2,3)4/h6-13,23H,14-18H2,1-5H3,(H,28,30)(H,29,32)/t23-/m1/s1. The van der Waals surface area contributed by atoms with E-state index in [-0.39, 0.29) is 18.9 Å². The van der Waals surface area contributed by atoms with Crippen LogP contribution in [0.4, 0.5) is 4.79 Å². The first kappa shape index (κ1) is 28.2. The number of carbonyl (C=O) groups is 3. The zero-order valence-corrected chi connectivity index (χ0v) is 22.0. The molecule has 2 aromatic carbocycles. The van der Waals surface area contributed by atoms with E-state index in [1.165, 1.54) is 5.56 Å². The lowest BCUT2D eigenvalue weighted by atomic mass is 10.1. The molecule has 2 aromatic rings. The molecule has 0 aliphatic rings. The van der Waals surface area contributed by atoms with Gasteiger partial charge >= 0.3 is 12.1 Å². The molecule has 1 atom stereocenters. The number of aryl methyl sites for hydroxylation is 1. The van der Waals surface area contributed by atoms with E-state index in [1.807, 2.05) is 61.7 Å². The second-order valence-corrected chi connectivity index (χ2v) is 10.3. The van der Waals surface area contributed by atoms with Crippen LogP contribution < -0.4 is 10.6 Å². The summed E-state index contributed by atoms with van der Waals surface area (Å²) in [5.74, 6) is 0.120. The molecule has 35 heavy (non-hydrogen) atoms. The first-order valence-corrected chi connectivity index (χ1v) is 13.0. The SMILES string of the molecule is CSCC[C@@H](NC(=O)OC(C)(C)C)C(=O)OCc1ccc(CC(=O)NCc2ccc(C)cc2)cc1. The highest BCUT2D eigenvalue weighted by Crippen LogP contribution is 2.11. The Kier molecular flexibility index (Phi) is 11.1. The van der Waals surface area contributed by atoms with Gasteiger partial charge in [-0.3, -0.25) is 4.79 Å². The second kappa shape index (κ2) is 13.8. The van der Waals surface area contributed by atoms with Crippen LogP contribution in [0.2, 0.25) is 0 Å². The Morgan fingerprint density at radius 3 is 2.14 bits per heavy atom. The van der Waals surface area contributed by atoms with Crippen molar-refractivity contribution in [2.45, 2.75) is 65.3 Å². The Balaban J connectivity index is 1.82. The molecule has 0 aromatic heterocycles. The molecule has 2 amide bonds. The Morgan fingerprint density at radius 2 is 1.54 bits per heavy atom. The van der Waals surface area contributed by atoms with Crippen LogP contribution in [0, 0.1) is 6.92 Å². The molecular formula is C27H36N2O5S. The summed E-state index contributed by atoms with van der Waals surface area (Å²) in [5.41, 5.74) is 3.24.